The van der Waals surface area contributed by atoms with Crippen LogP contribution in [0.2, 0.25) is 0 Å². The number of benzene rings is 1. The molecule has 0 aliphatic heterocycles. The Morgan fingerprint density at radius 2 is 1.91 bits per heavy atom. The van der Waals surface area contributed by atoms with E-state index in [-0.39, 0.29) is 11.6 Å². The Bertz CT molecular complexity index is 735. The van der Waals surface area contributed by atoms with E-state index in [0.29, 0.717) is 31.0 Å². The number of hydrogen-bond donors (Lipinski definition) is 3. The monoisotopic (exact) mass is 315 g/mol. The molecule has 1 aromatic heterocycles. The standard InChI is InChI=1S/C18H25N3O2/c1-12(2)6-8-19-18(23)20-9-7-15-11-14-5-4-13(3)10-16(14)21-17(15)22/h4-5,10-12H,6-9H2,1-3H3,(H,21,22)(H2,19,20,23). The molecule has 0 aliphatic rings. The smallest absolute Gasteiger partial charge is 0.314 e. The summed E-state index contributed by atoms with van der Waals surface area (Å²) in [5.41, 5.74) is 2.55. The first-order valence-corrected chi connectivity index (χ1v) is 8.10. The third-order valence-electron chi connectivity index (χ3n) is 3.77. The molecule has 0 aliphatic carbocycles. The highest BCUT2D eigenvalue weighted by atomic mass is 16.2. The van der Waals surface area contributed by atoms with Gasteiger partial charge in [-0.25, -0.2) is 4.79 Å². The molecular formula is C18H25N3O2. The molecule has 3 N–H and O–H groups in total. The predicted molar refractivity (Wildman–Crippen MR) is 93.9 cm³/mol. The number of rotatable bonds is 6. The summed E-state index contributed by atoms with van der Waals surface area (Å²) in [5.74, 6) is 0.565. The van der Waals surface area contributed by atoms with E-state index >= 15 is 0 Å². The normalized spacial score (nSPS) is 11.0. The average Bonchev–Trinajstić information content (AvgIpc) is 2.47. The Balaban J connectivity index is 1.89. The lowest BCUT2D eigenvalue weighted by Gasteiger charge is -2.09. The number of pyridine rings is 1. The molecule has 23 heavy (non-hydrogen) atoms. The molecule has 124 valence electrons. The van der Waals surface area contributed by atoms with Gasteiger partial charge >= 0.3 is 6.03 Å². The van der Waals surface area contributed by atoms with Crippen LogP contribution >= 0.6 is 0 Å². The van der Waals surface area contributed by atoms with Gasteiger partial charge in [0.1, 0.15) is 0 Å². The van der Waals surface area contributed by atoms with E-state index in [1.54, 1.807) is 0 Å². The van der Waals surface area contributed by atoms with Crippen LogP contribution < -0.4 is 16.2 Å². The minimum absolute atomic E-state index is 0.0925. The van der Waals surface area contributed by atoms with E-state index in [1.807, 2.05) is 31.2 Å². The number of hydrogen-bond acceptors (Lipinski definition) is 2. The van der Waals surface area contributed by atoms with Gasteiger partial charge in [0.2, 0.25) is 0 Å². The quantitative estimate of drug-likeness (QED) is 0.767. The Morgan fingerprint density at radius 1 is 1.17 bits per heavy atom. The van der Waals surface area contributed by atoms with E-state index < -0.39 is 0 Å². The Hall–Kier alpha value is -2.30. The number of aromatic amines is 1. The van der Waals surface area contributed by atoms with Crippen molar-refractivity contribution in [3.63, 3.8) is 0 Å². The van der Waals surface area contributed by atoms with Gasteiger partial charge in [0.05, 0.1) is 0 Å². The summed E-state index contributed by atoms with van der Waals surface area (Å²) in [4.78, 5) is 26.6. The van der Waals surface area contributed by atoms with Crippen molar-refractivity contribution in [2.45, 2.75) is 33.6 Å². The van der Waals surface area contributed by atoms with Crippen molar-refractivity contribution in [2.75, 3.05) is 13.1 Å². The molecule has 0 spiro atoms. The number of aromatic nitrogens is 1. The molecule has 5 heteroatoms. The number of carbonyl (C=O) groups is 1. The van der Waals surface area contributed by atoms with Gasteiger partial charge in [-0.05, 0) is 48.8 Å². The highest BCUT2D eigenvalue weighted by molar-refractivity contribution is 5.79. The van der Waals surface area contributed by atoms with Crippen molar-refractivity contribution >= 4 is 16.9 Å². The lowest BCUT2D eigenvalue weighted by Crippen LogP contribution is -2.37. The van der Waals surface area contributed by atoms with Crippen molar-refractivity contribution in [2.24, 2.45) is 5.92 Å². The van der Waals surface area contributed by atoms with Crippen LogP contribution in [0.4, 0.5) is 4.79 Å². The lowest BCUT2D eigenvalue weighted by atomic mass is 10.1. The van der Waals surface area contributed by atoms with Crippen LogP contribution in [0, 0.1) is 12.8 Å². The van der Waals surface area contributed by atoms with E-state index in [4.69, 9.17) is 0 Å². The first kappa shape index (κ1) is 17.1. The number of urea groups is 1. The van der Waals surface area contributed by atoms with Gasteiger partial charge in [-0.1, -0.05) is 26.0 Å². The third-order valence-corrected chi connectivity index (χ3v) is 3.77. The third kappa shape index (κ3) is 5.13. The summed E-state index contributed by atoms with van der Waals surface area (Å²) in [6, 6.07) is 7.69. The fourth-order valence-electron chi connectivity index (χ4n) is 2.39. The van der Waals surface area contributed by atoms with Crippen LogP contribution in [0.15, 0.2) is 29.1 Å². The Kier molecular flexibility index (Phi) is 5.79. The zero-order valence-electron chi connectivity index (χ0n) is 14.0. The average molecular weight is 315 g/mol. The fraction of sp³-hybridized carbons (Fsp3) is 0.444. The molecule has 2 amide bonds. The van der Waals surface area contributed by atoms with Crippen LogP contribution in [0.1, 0.15) is 31.4 Å². The van der Waals surface area contributed by atoms with E-state index in [2.05, 4.69) is 29.5 Å². The first-order chi connectivity index (χ1) is 11.0. The summed E-state index contributed by atoms with van der Waals surface area (Å²) in [7, 11) is 0. The maximum Gasteiger partial charge on any atom is 0.314 e. The zero-order chi connectivity index (χ0) is 16.8. The summed E-state index contributed by atoms with van der Waals surface area (Å²) >= 11 is 0. The maximum absolute atomic E-state index is 12.1. The molecule has 0 bridgehead atoms. The number of amides is 2. The van der Waals surface area contributed by atoms with Gasteiger partial charge in [0.25, 0.3) is 5.56 Å². The van der Waals surface area contributed by atoms with Crippen molar-refractivity contribution in [1.29, 1.82) is 0 Å². The number of nitrogens with one attached hydrogen (secondary N) is 3. The topological polar surface area (TPSA) is 74.0 Å². The summed E-state index contributed by atoms with van der Waals surface area (Å²) in [5, 5.41) is 6.61. The van der Waals surface area contributed by atoms with Crippen LogP contribution in [0.3, 0.4) is 0 Å². The SMILES string of the molecule is Cc1ccc2cc(CCNC(=O)NCCC(C)C)c(=O)[nH]c2c1. The van der Waals surface area contributed by atoms with E-state index in [9.17, 15) is 9.59 Å². The molecule has 0 radical (unpaired) electrons. The Morgan fingerprint density at radius 3 is 2.65 bits per heavy atom. The number of fused-ring (bicyclic) bond motifs is 1. The molecule has 0 fully saturated rings. The van der Waals surface area contributed by atoms with Gasteiger partial charge in [-0.3, -0.25) is 4.79 Å². The van der Waals surface area contributed by atoms with E-state index in [1.165, 1.54) is 0 Å². The number of H-pyrrole nitrogens is 1. The second-order valence-electron chi connectivity index (χ2n) is 6.33. The van der Waals surface area contributed by atoms with Crippen LogP contribution in [0.25, 0.3) is 10.9 Å². The van der Waals surface area contributed by atoms with Gasteiger partial charge in [-0.2, -0.15) is 0 Å². The molecular weight excluding hydrogens is 290 g/mol. The molecule has 2 rings (SSSR count). The Labute approximate surface area is 136 Å². The molecule has 2 aromatic rings. The number of aryl methyl sites for hydroxylation is 1. The van der Waals surface area contributed by atoms with Crippen molar-refractivity contribution in [3.05, 3.63) is 45.7 Å². The van der Waals surface area contributed by atoms with Gasteiger partial charge in [0, 0.05) is 24.2 Å². The molecule has 0 saturated carbocycles. The molecule has 1 heterocycles. The van der Waals surface area contributed by atoms with Crippen LogP contribution in [-0.4, -0.2) is 24.1 Å². The predicted octanol–water partition coefficient (Wildman–Crippen LogP) is 2.72. The van der Waals surface area contributed by atoms with Gasteiger partial charge < -0.3 is 15.6 Å². The molecule has 0 unspecified atom stereocenters. The zero-order valence-corrected chi connectivity index (χ0v) is 14.0. The van der Waals surface area contributed by atoms with Crippen LogP contribution in [0.5, 0.6) is 0 Å². The second kappa shape index (κ2) is 7.81. The maximum atomic E-state index is 12.1. The summed E-state index contributed by atoms with van der Waals surface area (Å²) in [6.45, 7) is 7.33. The molecule has 1 aromatic carbocycles. The minimum Gasteiger partial charge on any atom is -0.338 e. The first-order valence-electron chi connectivity index (χ1n) is 8.10. The van der Waals surface area contributed by atoms with Crippen LogP contribution in [-0.2, 0) is 6.42 Å². The van der Waals surface area contributed by atoms with Gasteiger partial charge in [0.15, 0.2) is 0 Å². The summed E-state index contributed by atoms with van der Waals surface area (Å²) in [6.07, 6.45) is 1.47. The fourth-order valence-corrected chi connectivity index (χ4v) is 2.39. The second-order valence-corrected chi connectivity index (χ2v) is 6.33. The molecule has 5 nitrogen and oxygen atoms in total. The minimum atomic E-state index is -0.182. The highest BCUT2D eigenvalue weighted by Crippen LogP contribution is 2.13. The molecule has 0 atom stereocenters. The number of carbonyl (C=O) groups excluding carboxylic acids is 1. The highest BCUT2D eigenvalue weighted by Gasteiger charge is 2.05. The van der Waals surface area contributed by atoms with Crippen molar-refractivity contribution < 1.29 is 4.79 Å². The summed E-state index contributed by atoms with van der Waals surface area (Å²) < 4.78 is 0. The van der Waals surface area contributed by atoms with Gasteiger partial charge in [-0.15, -0.1) is 0 Å². The van der Waals surface area contributed by atoms with Crippen molar-refractivity contribution in [1.82, 2.24) is 15.6 Å². The largest absolute Gasteiger partial charge is 0.338 e. The van der Waals surface area contributed by atoms with E-state index in [0.717, 1.165) is 22.9 Å². The lowest BCUT2D eigenvalue weighted by molar-refractivity contribution is 0.240. The molecule has 0 saturated heterocycles. The van der Waals surface area contributed by atoms with Crippen molar-refractivity contribution in [3.8, 4) is 0 Å².